The molecule has 0 radical (unpaired) electrons. The van der Waals surface area contributed by atoms with Crippen molar-refractivity contribution < 1.29 is 13.2 Å². The lowest BCUT2D eigenvalue weighted by atomic mass is 10.1. The van der Waals surface area contributed by atoms with Crippen LogP contribution in [0.1, 0.15) is 22.8 Å². The first kappa shape index (κ1) is 13.2. The normalized spacial score (nSPS) is 13.4. The first-order chi connectivity index (χ1) is 7.38. The lowest BCUT2D eigenvalue weighted by Crippen LogP contribution is -2.26. The number of ketones is 1. The van der Waals surface area contributed by atoms with E-state index in [4.69, 9.17) is 11.6 Å². The summed E-state index contributed by atoms with van der Waals surface area (Å²) in [6.07, 6.45) is 0. The number of halogens is 1. The maximum absolute atomic E-state index is 11.8. The summed E-state index contributed by atoms with van der Waals surface area (Å²) in [6, 6.07) is 6.72. The number of sulfone groups is 1. The Hall–Kier alpha value is -0.870. The molecule has 0 aliphatic rings. The minimum atomic E-state index is -3.54. The molecular weight excluding hydrogens is 248 g/mol. The molecule has 16 heavy (non-hydrogen) atoms. The van der Waals surface area contributed by atoms with Gasteiger partial charge in [0, 0.05) is 11.3 Å². The van der Waals surface area contributed by atoms with Crippen LogP contribution in [-0.4, -0.2) is 24.7 Å². The smallest absolute Gasteiger partial charge is 0.197 e. The predicted molar refractivity (Wildman–Crippen MR) is 64.6 cm³/mol. The summed E-state index contributed by atoms with van der Waals surface area (Å²) < 4.78 is 21.4. The van der Waals surface area contributed by atoms with Gasteiger partial charge in [-0.15, -0.1) is 0 Å². The Labute approximate surface area is 100 Å². The third-order valence-corrected chi connectivity index (χ3v) is 4.89. The van der Waals surface area contributed by atoms with E-state index in [2.05, 4.69) is 0 Å². The maximum Gasteiger partial charge on any atom is 0.197 e. The third kappa shape index (κ3) is 2.83. The van der Waals surface area contributed by atoms with Gasteiger partial charge in [0.2, 0.25) is 0 Å². The van der Waals surface area contributed by atoms with Gasteiger partial charge >= 0.3 is 0 Å². The van der Waals surface area contributed by atoms with Gasteiger partial charge in [0.15, 0.2) is 20.3 Å². The second kappa shape index (κ2) is 4.97. The van der Waals surface area contributed by atoms with Gasteiger partial charge in [-0.1, -0.05) is 42.3 Å². The zero-order valence-electron chi connectivity index (χ0n) is 9.10. The number of carbonyl (C=O) groups is 1. The van der Waals surface area contributed by atoms with Gasteiger partial charge in [-0.05, 0) is 13.0 Å². The highest BCUT2D eigenvalue weighted by atomic mass is 35.5. The Bertz CT molecular complexity index is 494. The Morgan fingerprint density at radius 2 is 2.06 bits per heavy atom. The van der Waals surface area contributed by atoms with Crippen LogP contribution < -0.4 is 0 Å². The zero-order chi connectivity index (χ0) is 12.3. The minimum Gasteiger partial charge on any atom is -0.291 e. The first-order valence-corrected chi connectivity index (χ1v) is 7.00. The standard InChI is InChI=1S/C11H13ClO3S/c1-3-16(14,15)11(12)10(13)9-6-4-5-8(2)7-9/h4-7,11H,3H2,1-2H3. The largest absolute Gasteiger partial charge is 0.291 e. The number of rotatable bonds is 4. The van der Waals surface area contributed by atoms with Crippen LogP contribution in [0.15, 0.2) is 24.3 Å². The molecule has 0 spiro atoms. The van der Waals surface area contributed by atoms with Crippen LogP contribution in [0.2, 0.25) is 0 Å². The second-order valence-electron chi connectivity index (χ2n) is 3.50. The minimum absolute atomic E-state index is 0.140. The molecule has 3 nitrogen and oxygen atoms in total. The molecule has 0 aliphatic carbocycles. The van der Waals surface area contributed by atoms with Crippen LogP contribution in [0, 0.1) is 6.92 Å². The molecule has 0 saturated heterocycles. The summed E-state index contributed by atoms with van der Waals surface area (Å²) in [5, 5.41) is 0. The van der Waals surface area contributed by atoms with E-state index in [0.29, 0.717) is 5.56 Å². The summed E-state index contributed by atoms with van der Waals surface area (Å²) in [5.74, 6) is -0.703. The van der Waals surface area contributed by atoms with Gasteiger partial charge in [-0.3, -0.25) is 4.79 Å². The van der Waals surface area contributed by atoms with Gasteiger partial charge in [0.25, 0.3) is 0 Å². The monoisotopic (exact) mass is 260 g/mol. The molecule has 1 rings (SSSR count). The molecule has 0 aromatic heterocycles. The van der Waals surface area contributed by atoms with E-state index >= 15 is 0 Å². The van der Waals surface area contributed by atoms with E-state index in [1.54, 1.807) is 18.2 Å². The van der Waals surface area contributed by atoms with Crippen molar-refractivity contribution in [3.05, 3.63) is 35.4 Å². The van der Waals surface area contributed by atoms with Crippen molar-refractivity contribution in [3.63, 3.8) is 0 Å². The average Bonchev–Trinajstić information content (AvgIpc) is 2.27. The fourth-order valence-corrected chi connectivity index (χ4v) is 2.50. The molecule has 0 N–H and O–H groups in total. The molecule has 1 unspecified atom stereocenters. The Balaban J connectivity index is 3.04. The van der Waals surface area contributed by atoms with E-state index in [0.717, 1.165) is 5.56 Å². The molecule has 0 saturated carbocycles. The van der Waals surface area contributed by atoms with Crippen molar-refractivity contribution in [2.24, 2.45) is 0 Å². The first-order valence-electron chi connectivity index (χ1n) is 4.85. The summed E-state index contributed by atoms with van der Waals surface area (Å²) >= 11 is 5.67. The van der Waals surface area contributed by atoms with Crippen LogP contribution in [-0.2, 0) is 9.84 Å². The number of aryl methyl sites for hydroxylation is 1. The fraction of sp³-hybridized carbons (Fsp3) is 0.364. The van der Waals surface area contributed by atoms with Crippen LogP contribution in [0.5, 0.6) is 0 Å². The van der Waals surface area contributed by atoms with Crippen molar-refractivity contribution in [2.45, 2.75) is 18.6 Å². The maximum atomic E-state index is 11.8. The van der Waals surface area contributed by atoms with Crippen LogP contribution >= 0.6 is 11.6 Å². The highest BCUT2D eigenvalue weighted by Gasteiger charge is 2.29. The Morgan fingerprint density at radius 3 is 2.56 bits per heavy atom. The predicted octanol–water partition coefficient (Wildman–Crippen LogP) is 2.18. The third-order valence-electron chi connectivity index (χ3n) is 2.23. The zero-order valence-corrected chi connectivity index (χ0v) is 10.7. The SMILES string of the molecule is CCS(=O)(=O)C(Cl)C(=O)c1cccc(C)c1. The number of hydrogen-bond acceptors (Lipinski definition) is 3. The van der Waals surface area contributed by atoms with E-state index in [9.17, 15) is 13.2 Å². The fourth-order valence-electron chi connectivity index (χ4n) is 1.24. The lowest BCUT2D eigenvalue weighted by molar-refractivity contribution is 0.101. The van der Waals surface area contributed by atoms with Crippen molar-refractivity contribution >= 4 is 27.2 Å². The van der Waals surface area contributed by atoms with Crippen molar-refractivity contribution in [3.8, 4) is 0 Å². The number of Topliss-reactive ketones (excluding diaryl/α,β-unsaturated/α-hetero) is 1. The average molecular weight is 261 g/mol. The van der Waals surface area contributed by atoms with Gasteiger partial charge in [0.1, 0.15) is 0 Å². The molecule has 5 heteroatoms. The topological polar surface area (TPSA) is 51.2 Å². The molecule has 1 aromatic carbocycles. The summed E-state index contributed by atoms with van der Waals surface area (Å²) in [5.41, 5.74) is 1.22. The number of alkyl halides is 1. The molecule has 0 aliphatic heterocycles. The molecule has 0 bridgehead atoms. The highest BCUT2D eigenvalue weighted by molar-refractivity contribution is 7.94. The van der Waals surface area contributed by atoms with E-state index < -0.39 is 20.3 Å². The summed E-state index contributed by atoms with van der Waals surface area (Å²) in [7, 11) is -3.54. The molecule has 88 valence electrons. The van der Waals surface area contributed by atoms with E-state index in [-0.39, 0.29) is 5.75 Å². The van der Waals surface area contributed by atoms with Gasteiger partial charge < -0.3 is 0 Å². The van der Waals surface area contributed by atoms with Crippen LogP contribution in [0.25, 0.3) is 0 Å². The van der Waals surface area contributed by atoms with Crippen LogP contribution in [0.4, 0.5) is 0 Å². The molecule has 1 aromatic rings. The molecule has 0 amide bonds. The molecule has 1 atom stereocenters. The Morgan fingerprint density at radius 1 is 1.44 bits per heavy atom. The summed E-state index contributed by atoms with van der Waals surface area (Å²) in [4.78, 5) is 11.8. The lowest BCUT2D eigenvalue weighted by Gasteiger charge is -2.08. The molecule has 0 heterocycles. The van der Waals surface area contributed by atoms with Crippen molar-refractivity contribution in [2.75, 3.05) is 5.75 Å². The van der Waals surface area contributed by atoms with Crippen molar-refractivity contribution in [1.29, 1.82) is 0 Å². The second-order valence-corrected chi connectivity index (χ2v) is 6.57. The van der Waals surface area contributed by atoms with Crippen LogP contribution in [0.3, 0.4) is 0 Å². The quantitative estimate of drug-likeness (QED) is 0.616. The highest BCUT2D eigenvalue weighted by Crippen LogP contribution is 2.16. The number of hydrogen-bond donors (Lipinski definition) is 0. The number of benzene rings is 1. The molecule has 0 fully saturated rings. The Kier molecular flexibility index (Phi) is 4.10. The van der Waals surface area contributed by atoms with Gasteiger partial charge in [0.05, 0.1) is 0 Å². The van der Waals surface area contributed by atoms with E-state index in [1.807, 2.05) is 13.0 Å². The van der Waals surface area contributed by atoms with Gasteiger partial charge in [-0.25, -0.2) is 8.42 Å². The molecular formula is C11H13ClO3S. The van der Waals surface area contributed by atoms with Gasteiger partial charge in [-0.2, -0.15) is 0 Å². The number of carbonyl (C=O) groups excluding carboxylic acids is 1. The van der Waals surface area contributed by atoms with Crippen molar-refractivity contribution in [1.82, 2.24) is 0 Å². The summed E-state index contributed by atoms with van der Waals surface area (Å²) in [6.45, 7) is 3.29. The van der Waals surface area contributed by atoms with E-state index in [1.165, 1.54) is 6.92 Å².